The van der Waals surface area contributed by atoms with Crippen LogP contribution in [0.4, 0.5) is 0 Å². The van der Waals surface area contributed by atoms with Gasteiger partial charge in [-0.15, -0.1) is 0 Å². The van der Waals surface area contributed by atoms with Crippen molar-refractivity contribution in [3.8, 4) is 0 Å². The Hall–Kier alpha value is -3.22. The molecular weight excluding hydrogens is 432 g/mol. The van der Waals surface area contributed by atoms with E-state index in [1.807, 2.05) is 60.7 Å². The predicted octanol–water partition coefficient (Wildman–Crippen LogP) is 3.73. The summed E-state index contributed by atoms with van der Waals surface area (Å²) in [6, 6.07) is 16.4. The Morgan fingerprint density at radius 2 is 1.87 bits per heavy atom. The number of hydrogen-bond acceptors (Lipinski definition) is 5. The predicted molar refractivity (Wildman–Crippen MR) is 124 cm³/mol. The van der Waals surface area contributed by atoms with E-state index < -0.39 is 12.0 Å². The number of hydrogen-bond donors (Lipinski definition) is 0. The third-order valence-electron chi connectivity index (χ3n) is 4.93. The minimum Gasteiger partial charge on any atom is -0.466 e. The molecular formula is C24H19ClN2O3S. The third-order valence-corrected chi connectivity index (χ3v) is 6.26. The molecule has 3 aromatic rings. The first-order valence-electron chi connectivity index (χ1n) is 9.58. The van der Waals surface area contributed by atoms with Crippen molar-refractivity contribution in [2.45, 2.75) is 13.0 Å². The van der Waals surface area contributed by atoms with Gasteiger partial charge in [0.2, 0.25) is 0 Å². The van der Waals surface area contributed by atoms with Crippen molar-refractivity contribution >= 4 is 41.1 Å². The number of rotatable bonds is 4. The summed E-state index contributed by atoms with van der Waals surface area (Å²) in [5.74, 6) is -0.510. The van der Waals surface area contributed by atoms with E-state index in [1.165, 1.54) is 23.0 Å². The highest BCUT2D eigenvalue weighted by atomic mass is 35.5. The lowest BCUT2D eigenvalue weighted by Crippen LogP contribution is -2.38. The molecule has 156 valence electrons. The SMILES string of the molecule is COC(=O)C1=C(C)N=c2s/c(=C\c3ccccc3Cl)c(=O)n2[C@H]1/C=C/c1ccccc1. The van der Waals surface area contributed by atoms with Gasteiger partial charge in [0.05, 0.1) is 29.0 Å². The van der Waals surface area contributed by atoms with Gasteiger partial charge in [-0.25, -0.2) is 9.79 Å². The fourth-order valence-corrected chi connectivity index (χ4v) is 4.65. The first-order chi connectivity index (χ1) is 15.0. The van der Waals surface area contributed by atoms with Crippen LogP contribution in [0, 0.1) is 0 Å². The second-order valence-electron chi connectivity index (χ2n) is 6.91. The number of fused-ring (bicyclic) bond motifs is 1. The van der Waals surface area contributed by atoms with E-state index >= 15 is 0 Å². The Bertz CT molecular complexity index is 1380. The van der Waals surface area contributed by atoms with E-state index in [2.05, 4.69) is 4.99 Å². The topological polar surface area (TPSA) is 60.7 Å². The van der Waals surface area contributed by atoms with Crippen LogP contribution in [0.2, 0.25) is 5.02 Å². The van der Waals surface area contributed by atoms with Crippen LogP contribution in [0.25, 0.3) is 12.2 Å². The standard InChI is InChI=1S/C24H19ClN2O3S/c1-15-21(23(29)30-2)19(13-12-16-8-4-3-5-9-16)27-22(28)20(31-24(27)26-15)14-17-10-6-7-11-18(17)25/h3-14,19H,1-2H3/b13-12+,20-14-/t19-/m0/s1. The Kier molecular flexibility index (Phi) is 6.02. The number of halogens is 1. The molecule has 1 atom stereocenters. The smallest absolute Gasteiger partial charge is 0.338 e. The molecule has 0 bridgehead atoms. The lowest BCUT2D eigenvalue weighted by atomic mass is 10.0. The molecule has 0 amide bonds. The number of nitrogens with zero attached hydrogens (tertiary/aromatic N) is 2. The van der Waals surface area contributed by atoms with Gasteiger partial charge in [-0.2, -0.15) is 0 Å². The molecule has 4 rings (SSSR count). The van der Waals surface area contributed by atoms with Crippen LogP contribution in [0.1, 0.15) is 24.1 Å². The summed E-state index contributed by atoms with van der Waals surface area (Å²) in [4.78, 5) is 30.9. The van der Waals surface area contributed by atoms with Crippen molar-refractivity contribution in [3.63, 3.8) is 0 Å². The molecule has 0 aliphatic carbocycles. The molecule has 2 aromatic carbocycles. The van der Waals surface area contributed by atoms with Crippen LogP contribution < -0.4 is 14.9 Å². The van der Waals surface area contributed by atoms with Crippen LogP contribution in [0.3, 0.4) is 0 Å². The number of aromatic nitrogens is 1. The molecule has 1 aliphatic heterocycles. The zero-order valence-electron chi connectivity index (χ0n) is 16.9. The van der Waals surface area contributed by atoms with Gasteiger partial charge < -0.3 is 4.74 Å². The quantitative estimate of drug-likeness (QED) is 0.569. The maximum atomic E-state index is 13.3. The summed E-state index contributed by atoms with van der Waals surface area (Å²) in [5, 5.41) is 0.556. The van der Waals surface area contributed by atoms with Crippen molar-refractivity contribution in [1.82, 2.24) is 4.57 Å². The molecule has 0 radical (unpaired) electrons. The minimum atomic E-state index is -0.627. The number of carbonyl (C=O) groups excluding carboxylic acids is 1. The molecule has 2 heterocycles. The fraction of sp³-hybridized carbons (Fsp3) is 0.125. The van der Waals surface area contributed by atoms with Crippen LogP contribution in [-0.4, -0.2) is 17.6 Å². The van der Waals surface area contributed by atoms with Gasteiger partial charge in [0.25, 0.3) is 5.56 Å². The van der Waals surface area contributed by atoms with Crippen LogP contribution in [0.15, 0.2) is 81.7 Å². The number of esters is 1. The lowest BCUT2D eigenvalue weighted by Gasteiger charge is -2.21. The summed E-state index contributed by atoms with van der Waals surface area (Å²) in [6.45, 7) is 1.75. The molecule has 1 aliphatic rings. The average molecular weight is 451 g/mol. The first kappa shape index (κ1) is 21.0. The summed E-state index contributed by atoms with van der Waals surface area (Å²) in [6.07, 6.45) is 5.47. The summed E-state index contributed by atoms with van der Waals surface area (Å²) in [7, 11) is 1.32. The van der Waals surface area contributed by atoms with Crippen molar-refractivity contribution in [3.05, 3.63) is 108 Å². The second kappa shape index (κ2) is 8.88. The molecule has 0 unspecified atom stereocenters. The van der Waals surface area contributed by atoms with Crippen LogP contribution in [-0.2, 0) is 9.53 Å². The summed E-state index contributed by atoms with van der Waals surface area (Å²) in [5.41, 5.74) is 2.33. The van der Waals surface area contributed by atoms with E-state index in [4.69, 9.17) is 16.3 Å². The zero-order valence-corrected chi connectivity index (χ0v) is 18.5. The molecule has 7 heteroatoms. The number of carbonyl (C=O) groups is 1. The maximum Gasteiger partial charge on any atom is 0.338 e. The molecule has 1 aromatic heterocycles. The molecule has 0 N–H and O–H groups in total. The average Bonchev–Trinajstić information content (AvgIpc) is 3.08. The maximum absolute atomic E-state index is 13.3. The molecule has 31 heavy (non-hydrogen) atoms. The summed E-state index contributed by atoms with van der Waals surface area (Å²) < 4.78 is 7.01. The van der Waals surface area contributed by atoms with E-state index in [9.17, 15) is 9.59 Å². The van der Waals surface area contributed by atoms with E-state index in [-0.39, 0.29) is 5.56 Å². The Labute approximate surface area is 187 Å². The number of allylic oxidation sites excluding steroid dienone is 2. The molecule has 5 nitrogen and oxygen atoms in total. The lowest BCUT2D eigenvalue weighted by molar-refractivity contribution is -0.136. The Morgan fingerprint density at radius 3 is 2.58 bits per heavy atom. The van der Waals surface area contributed by atoms with Gasteiger partial charge in [0.15, 0.2) is 4.80 Å². The normalized spacial score (nSPS) is 16.4. The highest BCUT2D eigenvalue weighted by Gasteiger charge is 2.30. The largest absolute Gasteiger partial charge is 0.466 e. The van der Waals surface area contributed by atoms with Gasteiger partial charge in [-0.3, -0.25) is 9.36 Å². The Morgan fingerprint density at radius 1 is 1.16 bits per heavy atom. The van der Waals surface area contributed by atoms with Gasteiger partial charge in [-0.05, 0) is 30.2 Å². The Balaban J connectivity index is 1.90. The number of thiazole rings is 1. The first-order valence-corrected chi connectivity index (χ1v) is 10.8. The number of ether oxygens (including phenoxy) is 1. The molecule has 0 fully saturated rings. The van der Waals surface area contributed by atoms with E-state index in [0.29, 0.717) is 25.6 Å². The van der Waals surface area contributed by atoms with Gasteiger partial charge in [0.1, 0.15) is 0 Å². The van der Waals surface area contributed by atoms with Gasteiger partial charge >= 0.3 is 5.97 Å². The van der Waals surface area contributed by atoms with Crippen LogP contribution >= 0.6 is 22.9 Å². The van der Waals surface area contributed by atoms with Gasteiger partial charge in [-0.1, -0.05) is 83.6 Å². The molecule has 0 saturated heterocycles. The monoisotopic (exact) mass is 450 g/mol. The van der Waals surface area contributed by atoms with Crippen molar-refractivity contribution < 1.29 is 9.53 Å². The number of benzene rings is 2. The fourth-order valence-electron chi connectivity index (χ4n) is 3.42. The van der Waals surface area contributed by atoms with Crippen molar-refractivity contribution in [2.75, 3.05) is 7.11 Å². The molecule has 0 saturated carbocycles. The third kappa shape index (κ3) is 4.17. The minimum absolute atomic E-state index is 0.236. The number of methoxy groups -OCH3 is 1. The van der Waals surface area contributed by atoms with Crippen molar-refractivity contribution in [1.29, 1.82) is 0 Å². The van der Waals surface area contributed by atoms with E-state index in [0.717, 1.165) is 11.1 Å². The van der Waals surface area contributed by atoms with Crippen molar-refractivity contribution in [2.24, 2.45) is 4.99 Å². The van der Waals surface area contributed by atoms with E-state index in [1.54, 1.807) is 19.1 Å². The highest BCUT2D eigenvalue weighted by molar-refractivity contribution is 7.07. The zero-order chi connectivity index (χ0) is 22.0. The highest BCUT2D eigenvalue weighted by Crippen LogP contribution is 2.26. The second-order valence-corrected chi connectivity index (χ2v) is 8.32. The summed E-state index contributed by atoms with van der Waals surface area (Å²) >= 11 is 7.53. The van der Waals surface area contributed by atoms with Gasteiger partial charge in [0, 0.05) is 5.02 Å². The molecule has 0 spiro atoms. The van der Waals surface area contributed by atoms with Crippen LogP contribution in [0.5, 0.6) is 0 Å².